The third-order valence-electron chi connectivity index (χ3n) is 6.39. The van der Waals surface area contributed by atoms with Crippen LogP contribution < -0.4 is 5.32 Å². The molecule has 1 aliphatic rings. The van der Waals surface area contributed by atoms with E-state index in [0.717, 1.165) is 30.9 Å². The van der Waals surface area contributed by atoms with Gasteiger partial charge in [-0.1, -0.05) is 60.7 Å². The summed E-state index contributed by atoms with van der Waals surface area (Å²) in [4.78, 5) is 19.6. The molecule has 36 heavy (non-hydrogen) atoms. The zero-order valence-corrected chi connectivity index (χ0v) is 21.6. The highest BCUT2D eigenvalue weighted by molar-refractivity contribution is 7.81. The maximum Gasteiger partial charge on any atom is 0.239 e. The van der Waals surface area contributed by atoms with Gasteiger partial charge in [0.2, 0.25) is 5.91 Å². The number of nitrogens with one attached hydrogen (secondary N) is 1. The van der Waals surface area contributed by atoms with Crippen molar-refractivity contribution in [2.75, 3.05) is 45.6 Å². The number of nitrogens with zero attached hydrogens (tertiary/aromatic N) is 4. The Balaban J connectivity index is 1.25. The maximum absolute atomic E-state index is 13.1. The molecular weight excluding hydrogens is 474 g/mol. The normalized spacial score (nSPS) is 17.6. The van der Waals surface area contributed by atoms with Gasteiger partial charge in [0.1, 0.15) is 6.04 Å². The van der Waals surface area contributed by atoms with Gasteiger partial charge in [-0.3, -0.25) is 9.69 Å². The van der Waals surface area contributed by atoms with E-state index in [0.29, 0.717) is 39.3 Å². The van der Waals surface area contributed by atoms with Crippen molar-refractivity contribution in [2.24, 2.45) is 0 Å². The van der Waals surface area contributed by atoms with Crippen molar-refractivity contribution in [3.63, 3.8) is 0 Å². The summed E-state index contributed by atoms with van der Waals surface area (Å²) in [5, 5.41) is 3.06. The molecule has 2 aromatic carbocycles. The van der Waals surface area contributed by atoms with E-state index < -0.39 is 17.0 Å². The quantitative estimate of drug-likeness (QED) is 0.378. The molecule has 0 saturated carbocycles. The molecule has 9 heteroatoms. The Hall–Kier alpha value is -2.85. The van der Waals surface area contributed by atoms with Crippen LogP contribution in [0.4, 0.5) is 0 Å². The first kappa shape index (κ1) is 26.2. The predicted molar refractivity (Wildman–Crippen MR) is 142 cm³/mol. The smallest absolute Gasteiger partial charge is 0.239 e. The number of carbonyl (C=O) groups excluding carboxylic acids is 1. The number of carbonyl (C=O) groups is 1. The highest BCUT2D eigenvalue weighted by atomic mass is 32.2. The van der Waals surface area contributed by atoms with Gasteiger partial charge in [-0.25, -0.2) is 13.5 Å². The lowest BCUT2D eigenvalue weighted by Crippen LogP contribution is -2.59. The summed E-state index contributed by atoms with van der Waals surface area (Å²) in [6, 6.07) is 19.9. The van der Waals surface area contributed by atoms with Crippen molar-refractivity contribution in [3.8, 4) is 0 Å². The zero-order valence-electron chi connectivity index (χ0n) is 20.8. The molecular formula is C27H35N5O3S. The molecule has 1 N–H and O–H groups in total. The number of aromatic nitrogens is 2. The molecule has 4 rings (SSSR count). The Kier molecular flexibility index (Phi) is 9.80. The van der Waals surface area contributed by atoms with Crippen LogP contribution in [0.3, 0.4) is 0 Å². The van der Waals surface area contributed by atoms with E-state index in [1.54, 1.807) is 10.6 Å². The Morgan fingerprint density at radius 1 is 1.08 bits per heavy atom. The van der Waals surface area contributed by atoms with Crippen molar-refractivity contribution in [1.82, 2.24) is 24.1 Å². The Morgan fingerprint density at radius 2 is 1.81 bits per heavy atom. The fourth-order valence-corrected chi connectivity index (χ4v) is 5.28. The second-order valence-electron chi connectivity index (χ2n) is 8.96. The standard InChI is InChI=1S/C27H35N5O3S/c1-36(34)32-15-14-30(16-17-35-21-24-10-6-3-7-11-24)20-26(32)27(33)29-13-12-25-18-28-22-31(25)19-23-8-4-2-5-9-23/h2-11,18,22,26H,12-17,19-21H2,1H3,(H,29,33). The second kappa shape index (κ2) is 13.5. The van der Waals surface area contributed by atoms with Crippen molar-refractivity contribution >= 4 is 16.9 Å². The van der Waals surface area contributed by atoms with Crippen molar-refractivity contribution in [1.29, 1.82) is 0 Å². The maximum atomic E-state index is 13.1. The molecule has 2 heterocycles. The van der Waals surface area contributed by atoms with Crippen LogP contribution in [0.2, 0.25) is 0 Å². The fourth-order valence-electron chi connectivity index (χ4n) is 4.42. The van der Waals surface area contributed by atoms with Crippen LogP contribution in [0.25, 0.3) is 0 Å². The summed E-state index contributed by atoms with van der Waals surface area (Å²) in [6.07, 6.45) is 5.99. The molecule has 2 unspecified atom stereocenters. The van der Waals surface area contributed by atoms with Crippen LogP contribution in [0, 0.1) is 0 Å². The molecule has 8 nitrogen and oxygen atoms in total. The van der Waals surface area contributed by atoms with E-state index in [-0.39, 0.29) is 5.91 Å². The molecule has 0 bridgehead atoms. The lowest BCUT2D eigenvalue weighted by atomic mass is 10.2. The molecule has 3 aromatic rings. The van der Waals surface area contributed by atoms with Gasteiger partial charge in [0.05, 0.1) is 30.5 Å². The van der Waals surface area contributed by atoms with E-state index >= 15 is 0 Å². The summed E-state index contributed by atoms with van der Waals surface area (Å²) >= 11 is 0. The van der Waals surface area contributed by atoms with E-state index in [1.807, 2.05) is 61.1 Å². The molecule has 0 radical (unpaired) electrons. The van der Waals surface area contributed by atoms with Crippen LogP contribution in [-0.4, -0.2) is 80.5 Å². The van der Waals surface area contributed by atoms with Crippen LogP contribution in [0.15, 0.2) is 73.2 Å². The number of rotatable bonds is 12. The lowest BCUT2D eigenvalue weighted by molar-refractivity contribution is -0.126. The van der Waals surface area contributed by atoms with Crippen molar-refractivity contribution in [2.45, 2.75) is 25.6 Å². The summed E-state index contributed by atoms with van der Waals surface area (Å²) in [5.74, 6) is -0.0887. The van der Waals surface area contributed by atoms with Crippen molar-refractivity contribution in [3.05, 3.63) is 90.0 Å². The van der Waals surface area contributed by atoms with Crippen LogP contribution in [0.5, 0.6) is 0 Å². The van der Waals surface area contributed by atoms with Gasteiger partial charge in [-0.15, -0.1) is 0 Å². The minimum absolute atomic E-state index is 0.0887. The van der Waals surface area contributed by atoms with Gasteiger partial charge in [0.25, 0.3) is 0 Å². The van der Waals surface area contributed by atoms with Crippen LogP contribution in [0.1, 0.15) is 16.8 Å². The minimum Gasteiger partial charge on any atom is -0.375 e. The van der Waals surface area contributed by atoms with Gasteiger partial charge in [0, 0.05) is 63.8 Å². The third-order valence-corrected chi connectivity index (χ3v) is 7.48. The zero-order chi connectivity index (χ0) is 25.2. The SMILES string of the molecule is CS(=O)N1CCN(CCOCc2ccccc2)CC1C(=O)NCCc1cncn1Cc1ccccc1. The average Bonchev–Trinajstić information content (AvgIpc) is 3.34. The number of hydrogen-bond acceptors (Lipinski definition) is 5. The third kappa shape index (κ3) is 7.57. The van der Waals surface area contributed by atoms with E-state index in [4.69, 9.17) is 4.74 Å². The summed E-state index contributed by atoms with van der Waals surface area (Å²) < 4.78 is 22.0. The molecule has 1 amide bonds. The molecule has 1 aliphatic heterocycles. The van der Waals surface area contributed by atoms with Crippen LogP contribution >= 0.6 is 0 Å². The molecule has 0 aliphatic carbocycles. The second-order valence-corrected chi connectivity index (χ2v) is 10.3. The summed E-state index contributed by atoms with van der Waals surface area (Å²) in [5.41, 5.74) is 3.42. The number of piperazine rings is 1. The number of hydrogen-bond donors (Lipinski definition) is 1. The van der Waals surface area contributed by atoms with Crippen molar-refractivity contribution < 1.29 is 13.7 Å². The summed E-state index contributed by atoms with van der Waals surface area (Å²) in [6.45, 7) is 5.03. The Labute approximate surface area is 215 Å². The predicted octanol–water partition coefficient (Wildman–Crippen LogP) is 2.09. The molecule has 1 fully saturated rings. The van der Waals surface area contributed by atoms with Gasteiger partial charge >= 0.3 is 0 Å². The lowest BCUT2D eigenvalue weighted by Gasteiger charge is -2.38. The largest absolute Gasteiger partial charge is 0.375 e. The van der Waals surface area contributed by atoms with E-state index in [9.17, 15) is 9.00 Å². The first-order chi connectivity index (χ1) is 17.6. The van der Waals surface area contributed by atoms with Crippen LogP contribution in [-0.2, 0) is 40.1 Å². The monoisotopic (exact) mass is 509 g/mol. The number of benzene rings is 2. The number of imidazole rings is 1. The van der Waals surface area contributed by atoms with E-state index in [1.165, 1.54) is 5.56 Å². The van der Waals surface area contributed by atoms with Gasteiger partial charge in [0.15, 0.2) is 0 Å². The molecule has 0 spiro atoms. The van der Waals surface area contributed by atoms with Gasteiger partial charge < -0.3 is 14.6 Å². The molecule has 192 valence electrons. The fraction of sp³-hybridized carbons (Fsp3) is 0.407. The van der Waals surface area contributed by atoms with Gasteiger partial charge in [-0.2, -0.15) is 0 Å². The van der Waals surface area contributed by atoms with Gasteiger partial charge in [-0.05, 0) is 11.1 Å². The molecule has 1 saturated heterocycles. The molecule has 2 atom stereocenters. The number of ether oxygens (including phenoxy) is 1. The highest BCUT2D eigenvalue weighted by Crippen LogP contribution is 2.13. The first-order valence-electron chi connectivity index (χ1n) is 12.3. The first-order valence-corrected chi connectivity index (χ1v) is 13.9. The minimum atomic E-state index is -1.21. The Bertz CT molecular complexity index is 1110. The Morgan fingerprint density at radius 3 is 2.53 bits per heavy atom. The van der Waals surface area contributed by atoms with E-state index in [2.05, 4.69) is 31.9 Å². The summed E-state index contributed by atoms with van der Waals surface area (Å²) in [7, 11) is -1.21. The average molecular weight is 510 g/mol. The topological polar surface area (TPSA) is 79.7 Å². The highest BCUT2D eigenvalue weighted by Gasteiger charge is 2.34. The molecule has 1 aromatic heterocycles. The number of amides is 1.